The molecule has 0 saturated heterocycles. The highest BCUT2D eigenvalue weighted by atomic mass is 16.5. The van der Waals surface area contributed by atoms with Crippen molar-refractivity contribution in [1.82, 2.24) is 0 Å². The fourth-order valence-electron chi connectivity index (χ4n) is 3.80. The maximum atomic E-state index is 5.53. The first kappa shape index (κ1) is 15.7. The second-order valence-electron chi connectivity index (χ2n) is 6.44. The zero-order chi connectivity index (χ0) is 17.2. The van der Waals surface area contributed by atoms with Crippen LogP contribution in [0.2, 0.25) is 0 Å². The van der Waals surface area contributed by atoms with Crippen molar-refractivity contribution >= 4 is 11.6 Å². The average molecular weight is 326 g/mol. The standard InChI is InChI=1S/C24H22O/c1-3-17(15-19-10-5-7-14-23(19)25-2)21-13-8-11-20-16-18-9-4-6-12-22(18)24(20)21/h4-15H,3,16H2,1-2H3/b17-15-. The Hall–Kier alpha value is -2.80. The number of hydrogen-bond donors (Lipinski definition) is 0. The van der Waals surface area contributed by atoms with Crippen LogP contribution in [-0.4, -0.2) is 7.11 Å². The third-order valence-electron chi connectivity index (χ3n) is 5.01. The van der Waals surface area contributed by atoms with Gasteiger partial charge in [-0.15, -0.1) is 0 Å². The molecule has 0 atom stereocenters. The Morgan fingerprint density at radius 2 is 1.68 bits per heavy atom. The summed E-state index contributed by atoms with van der Waals surface area (Å²) in [7, 11) is 1.73. The molecule has 0 radical (unpaired) electrons. The SMILES string of the molecule is CC/C(=C/c1ccccc1OC)c1cccc2c1-c1ccccc1C2. The van der Waals surface area contributed by atoms with Crippen molar-refractivity contribution in [3.63, 3.8) is 0 Å². The fraction of sp³-hybridized carbons (Fsp3) is 0.167. The Balaban J connectivity index is 1.88. The molecule has 4 rings (SSSR count). The molecule has 0 spiro atoms. The zero-order valence-electron chi connectivity index (χ0n) is 14.8. The van der Waals surface area contributed by atoms with Crippen molar-refractivity contribution in [2.45, 2.75) is 19.8 Å². The number of allylic oxidation sites excluding steroid dienone is 1. The normalized spacial score (nSPS) is 12.6. The zero-order valence-corrected chi connectivity index (χ0v) is 14.8. The number of ether oxygens (including phenoxy) is 1. The van der Waals surface area contributed by atoms with E-state index < -0.39 is 0 Å². The van der Waals surface area contributed by atoms with Crippen molar-refractivity contribution in [3.05, 3.63) is 89.0 Å². The number of para-hydroxylation sites is 1. The molecule has 0 fully saturated rings. The lowest BCUT2D eigenvalue weighted by molar-refractivity contribution is 0.414. The summed E-state index contributed by atoms with van der Waals surface area (Å²) >= 11 is 0. The second-order valence-corrected chi connectivity index (χ2v) is 6.44. The minimum Gasteiger partial charge on any atom is -0.496 e. The van der Waals surface area contributed by atoms with Crippen LogP contribution in [0.1, 0.15) is 35.6 Å². The van der Waals surface area contributed by atoms with Gasteiger partial charge >= 0.3 is 0 Å². The molecule has 1 heteroatoms. The van der Waals surface area contributed by atoms with E-state index in [0.29, 0.717) is 0 Å². The van der Waals surface area contributed by atoms with Crippen LogP contribution >= 0.6 is 0 Å². The van der Waals surface area contributed by atoms with Gasteiger partial charge in [0.1, 0.15) is 5.75 Å². The molecule has 0 amide bonds. The molecule has 0 bridgehead atoms. The lowest BCUT2D eigenvalue weighted by Gasteiger charge is -2.13. The molecular formula is C24H22O. The summed E-state index contributed by atoms with van der Waals surface area (Å²) in [5, 5.41) is 0. The largest absolute Gasteiger partial charge is 0.496 e. The second kappa shape index (κ2) is 6.60. The van der Waals surface area contributed by atoms with E-state index in [2.05, 4.69) is 67.6 Å². The Labute approximate surface area is 149 Å². The van der Waals surface area contributed by atoms with Gasteiger partial charge in [-0.25, -0.2) is 0 Å². The van der Waals surface area contributed by atoms with Gasteiger partial charge < -0.3 is 4.74 Å². The van der Waals surface area contributed by atoms with Gasteiger partial charge in [0, 0.05) is 5.56 Å². The Kier molecular flexibility index (Phi) is 4.15. The van der Waals surface area contributed by atoms with Crippen molar-refractivity contribution in [2.75, 3.05) is 7.11 Å². The van der Waals surface area contributed by atoms with E-state index in [4.69, 9.17) is 4.74 Å². The number of fused-ring (bicyclic) bond motifs is 3. The lowest BCUT2D eigenvalue weighted by Crippen LogP contribution is -1.92. The molecule has 0 saturated carbocycles. The van der Waals surface area contributed by atoms with E-state index in [1.54, 1.807) is 7.11 Å². The molecule has 0 aliphatic heterocycles. The minimum absolute atomic E-state index is 0.918. The van der Waals surface area contributed by atoms with Gasteiger partial charge in [-0.2, -0.15) is 0 Å². The number of benzene rings is 3. The van der Waals surface area contributed by atoms with E-state index in [9.17, 15) is 0 Å². The molecule has 1 aliphatic rings. The third kappa shape index (κ3) is 2.76. The summed E-state index contributed by atoms with van der Waals surface area (Å²) in [6.07, 6.45) is 4.29. The van der Waals surface area contributed by atoms with E-state index in [1.807, 2.05) is 12.1 Å². The first-order chi connectivity index (χ1) is 12.3. The number of methoxy groups -OCH3 is 1. The van der Waals surface area contributed by atoms with Crippen molar-refractivity contribution in [1.29, 1.82) is 0 Å². The quantitative estimate of drug-likeness (QED) is 0.405. The smallest absolute Gasteiger partial charge is 0.126 e. The van der Waals surface area contributed by atoms with Crippen LogP contribution in [0, 0.1) is 0 Å². The molecule has 0 N–H and O–H groups in total. The highest BCUT2D eigenvalue weighted by Gasteiger charge is 2.21. The fourth-order valence-corrected chi connectivity index (χ4v) is 3.80. The van der Waals surface area contributed by atoms with Crippen LogP contribution in [0.5, 0.6) is 5.75 Å². The maximum absolute atomic E-state index is 5.53. The van der Waals surface area contributed by atoms with Crippen LogP contribution in [0.15, 0.2) is 66.7 Å². The molecule has 25 heavy (non-hydrogen) atoms. The highest BCUT2D eigenvalue weighted by molar-refractivity contribution is 5.93. The average Bonchev–Trinajstić information content (AvgIpc) is 3.05. The molecule has 3 aromatic carbocycles. The summed E-state index contributed by atoms with van der Waals surface area (Å²) in [4.78, 5) is 0. The van der Waals surface area contributed by atoms with Gasteiger partial charge in [0.05, 0.1) is 7.11 Å². The maximum Gasteiger partial charge on any atom is 0.126 e. The van der Waals surface area contributed by atoms with Gasteiger partial charge in [-0.3, -0.25) is 0 Å². The topological polar surface area (TPSA) is 9.23 Å². The molecule has 1 aliphatic carbocycles. The molecule has 0 aromatic heterocycles. The van der Waals surface area contributed by atoms with Gasteiger partial charge in [0.15, 0.2) is 0 Å². The summed E-state index contributed by atoms with van der Waals surface area (Å²) in [5.41, 5.74) is 9.46. The monoisotopic (exact) mass is 326 g/mol. The predicted octanol–water partition coefficient (Wildman–Crippen LogP) is 6.22. The van der Waals surface area contributed by atoms with Gasteiger partial charge in [-0.05, 0) is 58.4 Å². The predicted molar refractivity (Wildman–Crippen MR) is 106 cm³/mol. The summed E-state index contributed by atoms with van der Waals surface area (Å²) < 4.78 is 5.53. The first-order valence-corrected chi connectivity index (χ1v) is 8.86. The van der Waals surface area contributed by atoms with E-state index >= 15 is 0 Å². The Bertz CT molecular complexity index is 950. The first-order valence-electron chi connectivity index (χ1n) is 8.86. The van der Waals surface area contributed by atoms with E-state index in [-0.39, 0.29) is 0 Å². The van der Waals surface area contributed by atoms with Crippen molar-refractivity contribution in [2.24, 2.45) is 0 Å². The van der Waals surface area contributed by atoms with Gasteiger partial charge in [-0.1, -0.05) is 67.6 Å². The highest BCUT2D eigenvalue weighted by Crippen LogP contribution is 2.42. The van der Waals surface area contributed by atoms with E-state index in [1.165, 1.54) is 33.4 Å². The van der Waals surface area contributed by atoms with Gasteiger partial charge in [0.2, 0.25) is 0 Å². The van der Waals surface area contributed by atoms with Crippen LogP contribution in [0.3, 0.4) is 0 Å². The van der Waals surface area contributed by atoms with Gasteiger partial charge in [0.25, 0.3) is 0 Å². The summed E-state index contributed by atoms with van der Waals surface area (Å²) in [6, 6.07) is 23.7. The Morgan fingerprint density at radius 1 is 0.920 bits per heavy atom. The molecule has 124 valence electrons. The van der Waals surface area contributed by atoms with Crippen LogP contribution < -0.4 is 4.74 Å². The molecular weight excluding hydrogens is 304 g/mol. The third-order valence-corrected chi connectivity index (χ3v) is 5.01. The number of rotatable bonds is 4. The Morgan fingerprint density at radius 3 is 2.52 bits per heavy atom. The van der Waals surface area contributed by atoms with Crippen LogP contribution in [0.25, 0.3) is 22.8 Å². The molecule has 0 unspecified atom stereocenters. The summed E-state index contributed by atoms with van der Waals surface area (Å²) in [6.45, 7) is 2.22. The molecule has 0 heterocycles. The van der Waals surface area contributed by atoms with Crippen molar-refractivity contribution in [3.8, 4) is 16.9 Å². The summed E-state index contributed by atoms with van der Waals surface area (Å²) in [5.74, 6) is 0.918. The number of hydrogen-bond acceptors (Lipinski definition) is 1. The minimum atomic E-state index is 0.918. The van der Waals surface area contributed by atoms with Crippen LogP contribution in [0.4, 0.5) is 0 Å². The lowest BCUT2D eigenvalue weighted by atomic mass is 9.91. The molecule has 1 nitrogen and oxygen atoms in total. The molecule has 3 aromatic rings. The van der Waals surface area contributed by atoms with Crippen molar-refractivity contribution < 1.29 is 4.74 Å². The van der Waals surface area contributed by atoms with Crippen LogP contribution in [-0.2, 0) is 6.42 Å². The van der Waals surface area contributed by atoms with E-state index in [0.717, 1.165) is 24.2 Å².